The highest BCUT2D eigenvalue weighted by Crippen LogP contribution is 2.41. The lowest BCUT2D eigenvalue weighted by molar-refractivity contribution is -0.143. The van der Waals surface area contributed by atoms with Crippen LogP contribution in [0, 0.1) is 0 Å². The quantitative estimate of drug-likeness (QED) is 0.117. The number of carbonyl (C=O) groups excluding carboxylic acids is 1. The van der Waals surface area contributed by atoms with Crippen molar-refractivity contribution < 1.29 is 29.6 Å². The van der Waals surface area contributed by atoms with E-state index in [0.29, 0.717) is 50.4 Å². The number of benzene rings is 2. The third-order valence-electron chi connectivity index (χ3n) is 8.23. The lowest BCUT2D eigenvalue weighted by atomic mass is 9.78. The molecule has 2 rings (SSSR count). The predicted molar refractivity (Wildman–Crippen MR) is 184 cm³/mol. The largest absolute Gasteiger partial charge is 0.507 e. The molecule has 45 heavy (non-hydrogen) atoms. The van der Waals surface area contributed by atoms with Crippen molar-refractivity contribution in [2.24, 2.45) is 0 Å². The maximum absolute atomic E-state index is 12.4. The van der Waals surface area contributed by atoms with Crippen LogP contribution in [0.25, 0.3) is 0 Å². The first kappa shape index (κ1) is 38.6. The number of aromatic hydroxyl groups is 2. The topological polar surface area (TPSA) is 96.2 Å². The molecule has 0 spiro atoms. The Labute approximate surface area is 273 Å². The summed E-state index contributed by atoms with van der Waals surface area (Å²) in [6.45, 7) is 25.9. The van der Waals surface area contributed by atoms with Crippen molar-refractivity contribution in [3.8, 4) is 11.5 Å². The molecular weight excluding hydrogens is 564 g/mol. The fraction of sp³-hybridized carbons (Fsp3) is 0.667. The zero-order chi connectivity index (χ0) is 34.4. The normalized spacial score (nSPS) is 13.6. The number of ether oxygens (including phenoxy) is 2. The Balaban J connectivity index is 1.75. The predicted octanol–water partition coefficient (Wildman–Crippen LogP) is 8.90. The minimum atomic E-state index is -0.856. The van der Waals surface area contributed by atoms with Crippen LogP contribution in [0.2, 0.25) is 0 Å². The molecule has 0 aliphatic carbocycles. The molecule has 2 aromatic carbocycles. The second-order valence-corrected chi connectivity index (χ2v) is 16.7. The Bertz CT molecular complexity index is 1190. The molecule has 2 aromatic rings. The monoisotopic (exact) mass is 626 g/mol. The van der Waals surface area contributed by atoms with Gasteiger partial charge in [-0.3, -0.25) is 4.79 Å². The number of hydrogen-bond donors (Lipinski definition) is 3. The summed E-state index contributed by atoms with van der Waals surface area (Å²) in [4.78, 5) is 12.4. The number of phenolic OH excluding ortho intramolecular Hbond substituents is 2. The summed E-state index contributed by atoms with van der Waals surface area (Å²) < 4.78 is 11.1. The summed E-state index contributed by atoms with van der Waals surface area (Å²) in [6.07, 6.45) is 3.49. The van der Waals surface area contributed by atoms with Gasteiger partial charge in [0, 0.05) is 19.4 Å². The molecule has 0 bridgehead atoms. The van der Waals surface area contributed by atoms with Crippen LogP contribution in [-0.2, 0) is 48.8 Å². The first-order chi connectivity index (χ1) is 20.5. The Morgan fingerprint density at radius 2 is 1.00 bits per heavy atom. The van der Waals surface area contributed by atoms with Crippen molar-refractivity contribution in [3.63, 3.8) is 0 Å². The van der Waals surface area contributed by atoms with Gasteiger partial charge >= 0.3 is 5.97 Å². The summed E-state index contributed by atoms with van der Waals surface area (Å²) in [7, 11) is 0. The standard InChI is InChI=1S/C39H62O6/c1-36(2,3)28-22-26(23-29(34(28)42)37(4,5)6)16-18-32(40)44-20-14-13-15-21-45-33(41)19-17-27-24-30(38(7,8)9)35(43)31(25-27)39(10,11)12/h22-25,32,40,42-43H,13-21H2,1-12H3. The van der Waals surface area contributed by atoms with Crippen LogP contribution in [-0.4, -0.2) is 40.8 Å². The lowest BCUT2D eigenvalue weighted by Gasteiger charge is -2.28. The SMILES string of the molecule is CC(C)(C)c1cc(CCC(=O)OCCCCCOC(O)CCc2cc(C(C)(C)C)c(O)c(C(C)(C)C)c2)cc(C(C)(C)C)c1O. The van der Waals surface area contributed by atoms with Crippen molar-refractivity contribution in [1.29, 1.82) is 0 Å². The first-order valence-electron chi connectivity index (χ1n) is 16.7. The average molecular weight is 627 g/mol. The summed E-state index contributed by atoms with van der Waals surface area (Å²) in [5, 5.41) is 32.3. The Morgan fingerprint density at radius 1 is 0.622 bits per heavy atom. The van der Waals surface area contributed by atoms with Crippen molar-refractivity contribution in [1.82, 2.24) is 0 Å². The highest BCUT2D eigenvalue weighted by Gasteiger charge is 2.28. The summed E-state index contributed by atoms with van der Waals surface area (Å²) in [6, 6.07) is 8.14. The number of aliphatic hydroxyl groups excluding tert-OH is 1. The zero-order valence-electron chi connectivity index (χ0n) is 30.3. The maximum Gasteiger partial charge on any atom is 0.306 e. The van der Waals surface area contributed by atoms with E-state index in [0.717, 1.165) is 52.6 Å². The molecule has 0 heterocycles. The molecule has 1 atom stereocenters. The van der Waals surface area contributed by atoms with E-state index in [4.69, 9.17) is 9.47 Å². The molecule has 0 saturated heterocycles. The third kappa shape index (κ3) is 11.9. The second kappa shape index (κ2) is 15.3. The van der Waals surface area contributed by atoms with Gasteiger partial charge in [0.25, 0.3) is 0 Å². The van der Waals surface area contributed by atoms with Crippen molar-refractivity contribution in [2.45, 2.75) is 156 Å². The highest BCUT2D eigenvalue weighted by molar-refractivity contribution is 5.69. The van der Waals surface area contributed by atoms with E-state index in [-0.39, 0.29) is 27.6 Å². The van der Waals surface area contributed by atoms with Gasteiger partial charge < -0.3 is 24.8 Å². The molecule has 254 valence electrons. The summed E-state index contributed by atoms with van der Waals surface area (Å²) in [5.41, 5.74) is 4.96. The average Bonchev–Trinajstić information content (AvgIpc) is 2.88. The number of aryl methyl sites for hydroxylation is 2. The van der Waals surface area contributed by atoms with Crippen molar-refractivity contribution in [2.75, 3.05) is 13.2 Å². The van der Waals surface area contributed by atoms with E-state index in [1.165, 1.54) is 0 Å². The molecular formula is C39H62O6. The Hall–Kier alpha value is -2.57. The molecule has 0 radical (unpaired) electrons. The minimum Gasteiger partial charge on any atom is -0.507 e. The lowest BCUT2D eigenvalue weighted by Crippen LogP contribution is -2.19. The van der Waals surface area contributed by atoms with E-state index < -0.39 is 6.29 Å². The number of unbranched alkanes of at least 4 members (excludes halogenated alkanes) is 2. The Kier molecular flexibility index (Phi) is 13.2. The molecule has 0 aliphatic heterocycles. The zero-order valence-corrected chi connectivity index (χ0v) is 30.3. The molecule has 1 unspecified atom stereocenters. The van der Waals surface area contributed by atoms with Gasteiger partial charge in [0.15, 0.2) is 6.29 Å². The first-order valence-corrected chi connectivity index (χ1v) is 16.7. The highest BCUT2D eigenvalue weighted by atomic mass is 16.6. The number of hydrogen-bond acceptors (Lipinski definition) is 6. The van der Waals surface area contributed by atoms with Crippen LogP contribution in [0.5, 0.6) is 11.5 Å². The van der Waals surface area contributed by atoms with Crippen LogP contribution < -0.4 is 0 Å². The summed E-state index contributed by atoms with van der Waals surface area (Å²) >= 11 is 0. The van der Waals surface area contributed by atoms with Gasteiger partial charge in [0.2, 0.25) is 0 Å². The summed E-state index contributed by atoms with van der Waals surface area (Å²) in [5.74, 6) is 0.491. The molecule has 0 amide bonds. The van der Waals surface area contributed by atoms with Gasteiger partial charge in [-0.05, 0) is 87.1 Å². The van der Waals surface area contributed by atoms with Crippen LogP contribution in [0.15, 0.2) is 24.3 Å². The number of esters is 1. The fourth-order valence-electron chi connectivity index (χ4n) is 5.44. The van der Waals surface area contributed by atoms with E-state index in [1.54, 1.807) is 0 Å². The van der Waals surface area contributed by atoms with E-state index in [1.807, 2.05) is 12.1 Å². The molecule has 6 heteroatoms. The smallest absolute Gasteiger partial charge is 0.306 e. The number of rotatable bonds is 13. The molecule has 0 saturated carbocycles. The fourth-order valence-corrected chi connectivity index (χ4v) is 5.44. The molecule has 0 aromatic heterocycles. The van der Waals surface area contributed by atoms with Gasteiger partial charge in [-0.2, -0.15) is 0 Å². The number of phenols is 2. The number of carbonyl (C=O) groups is 1. The van der Waals surface area contributed by atoms with E-state index in [9.17, 15) is 20.1 Å². The van der Waals surface area contributed by atoms with Crippen LogP contribution >= 0.6 is 0 Å². The minimum absolute atomic E-state index is 0.192. The molecule has 0 aliphatic rings. The van der Waals surface area contributed by atoms with Crippen LogP contribution in [0.1, 0.15) is 149 Å². The van der Waals surface area contributed by atoms with Crippen LogP contribution in [0.3, 0.4) is 0 Å². The van der Waals surface area contributed by atoms with Gasteiger partial charge in [-0.15, -0.1) is 0 Å². The number of aliphatic hydroxyl groups is 1. The van der Waals surface area contributed by atoms with E-state index in [2.05, 4.69) is 95.2 Å². The third-order valence-corrected chi connectivity index (χ3v) is 8.23. The Morgan fingerprint density at radius 3 is 1.40 bits per heavy atom. The van der Waals surface area contributed by atoms with Gasteiger partial charge in [0.05, 0.1) is 6.61 Å². The maximum atomic E-state index is 12.4. The molecule has 3 N–H and O–H groups in total. The molecule has 0 fully saturated rings. The van der Waals surface area contributed by atoms with Crippen molar-refractivity contribution in [3.05, 3.63) is 57.6 Å². The van der Waals surface area contributed by atoms with Gasteiger partial charge in [-0.1, -0.05) is 107 Å². The van der Waals surface area contributed by atoms with Gasteiger partial charge in [-0.25, -0.2) is 0 Å². The van der Waals surface area contributed by atoms with Crippen molar-refractivity contribution >= 4 is 5.97 Å². The van der Waals surface area contributed by atoms with Crippen LogP contribution in [0.4, 0.5) is 0 Å². The molecule has 6 nitrogen and oxygen atoms in total. The second-order valence-electron chi connectivity index (χ2n) is 16.7. The van der Waals surface area contributed by atoms with Gasteiger partial charge in [0.1, 0.15) is 11.5 Å². The van der Waals surface area contributed by atoms with E-state index >= 15 is 0 Å².